The van der Waals surface area contributed by atoms with E-state index in [4.69, 9.17) is 16.1 Å². The Kier molecular flexibility index (Phi) is 4.72. The highest BCUT2D eigenvalue weighted by Crippen LogP contribution is 2.26. The molecule has 27 heavy (non-hydrogen) atoms. The fourth-order valence-corrected chi connectivity index (χ4v) is 3.75. The summed E-state index contributed by atoms with van der Waals surface area (Å²) in [4.78, 5) is 17.7. The first-order valence-electron chi connectivity index (χ1n) is 8.05. The first kappa shape index (κ1) is 17.8. The van der Waals surface area contributed by atoms with Gasteiger partial charge in [0, 0.05) is 11.8 Å². The Bertz CT molecular complexity index is 1210. The predicted octanol–water partition coefficient (Wildman–Crippen LogP) is 4.77. The van der Waals surface area contributed by atoms with E-state index >= 15 is 0 Å². The van der Waals surface area contributed by atoms with Gasteiger partial charge in [-0.15, -0.1) is 0 Å². The molecule has 0 atom stereocenters. The third-order valence-corrected chi connectivity index (χ3v) is 5.19. The van der Waals surface area contributed by atoms with Crippen LogP contribution in [0.15, 0.2) is 63.0 Å². The number of para-hydroxylation sites is 1. The van der Waals surface area contributed by atoms with Gasteiger partial charge < -0.3 is 4.52 Å². The molecular formula is C19H13ClFN3O2S. The van der Waals surface area contributed by atoms with Crippen molar-refractivity contribution >= 4 is 34.3 Å². The predicted molar refractivity (Wildman–Crippen MR) is 103 cm³/mol. The number of nitrogens with zero attached hydrogens (tertiary/aromatic N) is 3. The van der Waals surface area contributed by atoms with Crippen molar-refractivity contribution in [3.63, 3.8) is 0 Å². The van der Waals surface area contributed by atoms with Gasteiger partial charge in [-0.2, -0.15) is 0 Å². The lowest BCUT2D eigenvalue weighted by molar-refractivity contribution is 0.393. The van der Waals surface area contributed by atoms with Gasteiger partial charge >= 0.3 is 0 Å². The van der Waals surface area contributed by atoms with E-state index < -0.39 is 5.82 Å². The molecule has 0 aliphatic rings. The van der Waals surface area contributed by atoms with E-state index in [9.17, 15) is 9.18 Å². The molecule has 0 radical (unpaired) electrons. The van der Waals surface area contributed by atoms with Crippen LogP contribution in [0.2, 0.25) is 5.02 Å². The molecule has 0 saturated carbocycles. The van der Waals surface area contributed by atoms with E-state index in [1.165, 1.54) is 34.5 Å². The zero-order valence-corrected chi connectivity index (χ0v) is 15.7. The Balaban J connectivity index is 1.86. The molecule has 0 aliphatic heterocycles. The minimum absolute atomic E-state index is 0.0596. The molecule has 0 bridgehead atoms. The Morgan fingerprint density at radius 2 is 2.04 bits per heavy atom. The molecule has 2 aromatic heterocycles. The van der Waals surface area contributed by atoms with Crippen molar-refractivity contribution in [2.75, 3.05) is 0 Å². The van der Waals surface area contributed by atoms with E-state index in [0.717, 1.165) is 5.69 Å². The number of thioether (sulfide) groups is 1. The number of benzene rings is 2. The van der Waals surface area contributed by atoms with Crippen LogP contribution >= 0.6 is 23.4 Å². The van der Waals surface area contributed by atoms with Crippen molar-refractivity contribution in [3.8, 4) is 5.69 Å². The summed E-state index contributed by atoms with van der Waals surface area (Å²) in [6.45, 7) is 1.81. The monoisotopic (exact) mass is 401 g/mol. The zero-order valence-electron chi connectivity index (χ0n) is 14.1. The molecule has 4 aromatic rings. The summed E-state index contributed by atoms with van der Waals surface area (Å²) in [5, 5.41) is 4.83. The molecule has 2 heterocycles. The SMILES string of the molecule is Cc1cc(CSc2nc3ccccc3c(=O)n2-c2ccc(F)c(Cl)c2)no1. The normalized spacial score (nSPS) is 11.2. The molecule has 0 spiro atoms. The van der Waals surface area contributed by atoms with Crippen LogP contribution in [0.5, 0.6) is 0 Å². The van der Waals surface area contributed by atoms with Crippen molar-refractivity contribution in [2.45, 2.75) is 17.8 Å². The molecule has 0 fully saturated rings. The molecule has 0 N–H and O–H groups in total. The number of aromatic nitrogens is 3. The number of halogens is 2. The highest BCUT2D eigenvalue weighted by atomic mass is 35.5. The van der Waals surface area contributed by atoms with Crippen LogP contribution in [0.3, 0.4) is 0 Å². The second-order valence-electron chi connectivity index (χ2n) is 5.87. The van der Waals surface area contributed by atoms with Gasteiger partial charge in [0.25, 0.3) is 5.56 Å². The van der Waals surface area contributed by atoms with E-state index in [1.807, 2.05) is 19.1 Å². The zero-order chi connectivity index (χ0) is 19.0. The Morgan fingerprint density at radius 3 is 2.78 bits per heavy atom. The fraction of sp³-hybridized carbons (Fsp3) is 0.105. The molecule has 2 aromatic carbocycles. The van der Waals surface area contributed by atoms with Gasteiger partial charge in [-0.05, 0) is 37.3 Å². The van der Waals surface area contributed by atoms with E-state index in [0.29, 0.717) is 33.3 Å². The number of aryl methyl sites for hydroxylation is 1. The number of rotatable bonds is 4. The third kappa shape index (κ3) is 3.48. The van der Waals surface area contributed by atoms with Gasteiger partial charge in [-0.3, -0.25) is 9.36 Å². The summed E-state index contributed by atoms with van der Waals surface area (Å²) in [6, 6.07) is 13.1. The fourth-order valence-electron chi connectivity index (χ4n) is 2.69. The van der Waals surface area contributed by atoms with Crippen LogP contribution in [0, 0.1) is 12.7 Å². The molecular weight excluding hydrogens is 389 g/mol. The minimum atomic E-state index is -0.547. The van der Waals surface area contributed by atoms with E-state index in [2.05, 4.69) is 10.1 Å². The molecule has 0 saturated heterocycles. The van der Waals surface area contributed by atoms with Crippen LogP contribution < -0.4 is 5.56 Å². The summed E-state index contributed by atoms with van der Waals surface area (Å²) in [7, 11) is 0. The second-order valence-corrected chi connectivity index (χ2v) is 7.22. The standard InChI is InChI=1S/C19H13ClFN3O2S/c1-11-8-12(23-26-11)10-27-19-22-17-5-3-2-4-14(17)18(25)24(19)13-6-7-16(21)15(20)9-13/h2-9H,10H2,1H3. The minimum Gasteiger partial charge on any atom is -0.361 e. The maximum absolute atomic E-state index is 13.6. The molecule has 5 nitrogen and oxygen atoms in total. The lowest BCUT2D eigenvalue weighted by atomic mass is 10.2. The van der Waals surface area contributed by atoms with Crippen LogP contribution in [0.25, 0.3) is 16.6 Å². The second kappa shape index (κ2) is 7.17. The molecule has 8 heteroatoms. The maximum atomic E-state index is 13.6. The molecule has 0 amide bonds. The van der Waals surface area contributed by atoms with Gasteiger partial charge in [0.1, 0.15) is 11.6 Å². The summed E-state index contributed by atoms with van der Waals surface area (Å²) < 4.78 is 20.1. The molecule has 4 rings (SSSR count). The average molecular weight is 402 g/mol. The van der Waals surface area contributed by atoms with Crippen molar-refractivity contribution in [2.24, 2.45) is 0 Å². The van der Waals surface area contributed by atoms with E-state index in [1.54, 1.807) is 18.2 Å². The van der Waals surface area contributed by atoms with Crippen LogP contribution in [0.4, 0.5) is 4.39 Å². The Hall–Kier alpha value is -2.64. The topological polar surface area (TPSA) is 60.9 Å². The van der Waals surface area contributed by atoms with Crippen molar-refractivity contribution < 1.29 is 8.91 Å². The first-order valence-corrected chi connectivity index (χ1v) is 9.41. The number of fused-ring (bicyclic) bond motifs is 1. The first-order chi connectivity index (χ1) is 13.0. The number of hydrogen-bond acceptors (Lipinski definition) is 5. The van der Waals surface area contributed by atoms with E-state index in [-0.39, 0.29) is 10.6 Å². The molecule has 0 unspecified atom stereocenters. The van der Waals surface area contributed by atoms with Crippen molar-refractivity contribution in [1.82, 2.24) is 14.7 Å². The summed E-state index contributed by atoms with van der Waals surface area (Å²) in [6.07, 6.45) is 0. The summed E-state index contributed by atoms with van der Waals surface area (Å²) in [5.41, 5.74) is 1.53. The lowest BCUT2D eigenvalue weighted by Gasteiger charge is -2.13. The van der Waals surface area contributed by atoms with Crippen molar-refractivity contribution in [3.05, 3.63) is 81.2 Å². The quantitative estimate of drug-likeness (QED) is 0.364. The highest BCUT2D eigenvalue weighted by molar-refractivity contribution is 7.98. The number of hydrogen-bond donors (Lipinski definition) is 0. The van der Waals surface area contributed by atoms with Crippen molar-refractivity contribution in [1.29, 1.82) is 0 Å². The largest absolute Gasteiger partial charge is 0.361 e. The third-order valence-electron chi connectivity index (χ3n) is 3.93. The Morgan fingerprint density at radius 1 is 1.22 bits per heavy atom. The smallest absolute Gasteiger partial charge is 0.266 e. The summed E-state index contributed by atoms with van der Waals surface area (Å²) >= 11 is 7.26. The Labute approximate surface area is 162 Å². The highest BCUT2D eigenvalue weighted by Gasteiger charge is 2.15. The van der Waals surface area contributed by atoms with Crippen LogP contribution in [-0.2, 0) is 5.75 Å². The maximum Gasteiger partial charge on any atom is 0.266 e. The van der Waals surface area contributed by atoms with Crippen LogP contribution in [-0.4, -0.2) is 14.7 Å². The molecule has 136 valence electrons. The lowest BCUT2D eigenvalue weighted by Crippen LogP contribution is -2.21. The van der Waals surface area contributed by atoms with Gasteiger partial charge in [0.15, 0.2) is 5.16 Å². The van der Waals surface area contributed by atoms with Gasteiger partial charge in [-0.25, -0.2) is 9.37 Å². The van der Waals surface area contributed by atoms with Gasteiger partial charge in [-0.1, -0.05) is 40.7 Å². The van der Waals surface area contributed by atoms with Gasteiger partial charge in [0.2, 0.25) is 0 Å². The van der Waals surface area contributed by atoms with Gasteiger partial charge in [0.05, 0.1) is 27.3 Å². The average Bonchev–Trinajstić information content (AvgIpc) is 3.08. The molecule has 0 aliphatic carbocycles. The van der Waals surface area contributed by atoms with Crippen LogP contribution in [0.1, 0.15) is 11.5 Å². The summed E-state index contributed by atoms with van der Waals surface area (Å²) in [5.74, 6) is 0.631.